The predicted molar refractivity (Wildman–Crippen MR) is 64.7 cm³/mol. The van der Waals surface area contributed by atoms with Crippen molar-refractivity contribution in [2.24, 2.45) is 0 Å². The van der Waals surface area contributed by atoms with Crippen LogP contribution >= 0.6 is 18.9 Å². The monoisotopic (exact) mass is 262 g/mol. The lowest BCUT2D eigenvalue weighted by atomic mass is 10.5. The van der Waals surface area contributed by atoms with Crippen molar-refractivity contribution in [3.63, 3.8) is 0 Å². The lowest BCUT2D eigenvalue weighted by molar-refractivity contribution is 0.141. The maximum atomic E-state index is 12.4. The van der Waals surface area contributed by atoms with Gasteiger partial charge in [0.2, 0.25) is 0 Å². The number of nitrogens with zero attached hydrogens (tertiary/aromatic N) is 1. The van der Waals surface area contributed by atoms with Gasteiger partial charge in [0.15, 0.2) is 5.51 Å². The molecule has 1 rings (SSSR count). The minimum Gasteiger partial charge on any atom is -0.306 e. The molecule has 0 aliphatic heterocycles. The Morgan fingerprint density at radius 3 is 2.31 bits per heavy atom. The Kier molecular flexibility index (Phi) is 5.12. The molecule has 0 aromatic carbocycles. The molecule has 6 heteroatoms. The Labute approximate surface area is 101 Å². The molecular formula is C10H17NO3PS. The fraction of sp³-hybridized carbons (Fsp3) is 0.700. The van der Waals surface area contributed by atoms with E-state index in [1.54, 1.807) is 5.38 Å². The summed E-state index contributed by atoms with van der Waals surface area (Å²) < 4.78 is 23.2. The number of rotatable bonds is 6. The Morgan fingerprint density at radius 2 is 1.94 bits per heavy atom. The summed E-state index contributed by atoms with van der Waals surface area (Å²) in [7, 11) is -3.10. The zero-order valence-electron chi connectivity index (χ0n) is 9.97. The summed E-state index contributed by atoms with van der Waals surface area (Å²) in [5.41, 5.74) is 3.42. The maximum absolute atomic E-state index is 12.4. The molecule has 1 aromatic rings. The van der Waals surface area contributed by atoms with Gasteiger partial charge in [0.1, 0.15) is 0 Å². The lowest BCUT2D eigenvalue weighted by Gasteiger charge is -2.22. The first kappa shape index (κ1) is 13.8. The molecule has 91 valence electrons. The topological polar surface area (TPSA) is 48.4 Å². The van der Waals surface area contributed by atoms with E-state index >= 15 is 0 Å². The Hall–Kier alpha value is -0.220. The summed E-state index contributed by atoms with van der Waals surface area (Å²) in [5.74, 6) is 0. The number of aromatic nitrogens is 1. The van der Waals surface area contributed by atoms with Gasteiger partial charge in [-0.25, -0.2) is 4.98 Å². The first-order valence-corrected chi connectivity index (χ1v) is 7.78. The van der Waals surface area contributed by atoms with E-state index < -0.39 is 7.60 Å². The molecule has 0 N–H and O–H groups in total. The van der Waals surface area contributed by atoms with Crippen LogP contribution < -0.4 is 0 Å². The van der Waals surface area contributed by atoms with Crippen molar-refractivity contribution < 1.29 is 13.6 Å². The first-order valence-electron chi connectivity index (χ1n) is 5.17. The van der Waals surface area contributed by atoms with Crippen LogP contribution in [-0.4, -0.2) is 17.2 Å². The van der Waals surface area contributed by atoms with Crippen LogP contribution in [0.5, 0.6) is 0 Å². The first-order chi connectivity index (χ1) is 7.41. The summed E-state index contributed by atoms with van der Waals surface area (Å²) in [6, 6.07) is 0. The van der Waals surface area contributed by atoms with Crippen molar-refractivity contribution in [1.82, 2.24) is 4.98 Å². The smallest absolute Gasteiger partial charge is 0.306 e. The average Bonchev–Trinajstić information content (AvgIpc) is 2.51. The zero-order chi connectivity index (χ0) is 12.2. The van der Waals surface area contributed by atoms with Crippen LogP contribution in [0.25, 0.3) is 0 Å². The van der Waals surface area contributed by atoms with Gasteiger partial charge < -0.3 is 9.05 Å². The Balaban J connectivity index is 2.74. The highest BCUT2D eigenvalue weighted by Gasteiger charge is 2.28. The van der Waals surface area contributed by atoms with Crippen molar-refractivity contribution in [2.75, 3.05) is 0 Å². The third kappa shape index (κ3) is 4.74. The van der Waals surface area contributed by atoms with E-state index in [-0.39, 0.29) is 18.4 Å². The van der Waals surface area contributed by atoms with E-state index in [1.165, 1.54) is 11.3 Å². The fourth-order valence-corrected chi connectivity index (χ4v) is 3.88. The SMILES string of the molecule is CC(C)OP(=O)(Cc1cs[c]n1)OC(C)C. The van der Waals surface area contributed by atoms with Gasteiger partial charge in [0.25, 0.3) is 0 Å². The summed E-state index contributed by atoms with van der Waals surface area (Å²) >= 11 is 1.35. The van der Waals surface area contributed by atoms with Gasteiger partial charge >= 0.3 is 7.60 Å². The molecule has 0 aliphatic carbocycles. The third-order valence-electron chi connectivity index (χ3n) is 1.54. The van der Waals surface area contributed by atoms with Crippen LogP contribution in [0.3, 0.4) is 0 Å². The number of thiazole rings is 1. The molecule has 0 atom stereocenters. The molecule has 0 unspecified atom stereocenters. The predicted octanol–water partition coefficient (Wildman–Crippen LogP) is 3.49. The van der Waals surface area contributed by atoms with E-state index in [2.05, 4.69) is 10.5 Å². The van der Waals surface area contributed by atoms with Crippen LogP contribution in [0.2, 0.25) is 0 Å². The Morgan fingerprint density at radius 1 is 1.38 bits per heavy atom. The molecule has 0 saturated heterocycles. The van der Waals surface area contributed by atoms with Crippen LogP contribution in [0.4, 0.5) is 0 Å². The molecule has 1 heterocycles. The molecule has 0 spiro atoms. The standard InChI is InChI=1S/C10H17NO3PS/c1-8(2)13-15(12,14-9(3)4)5-10-6-16-7-11-10/h6,8-9H,5H2,1-4H3. The second kappa shape index (κ2) is 5.92. The highest BCUT2D eigenvalue weighted by Crippen LogP contribution is 2.53. The molecule has 0 amide bonds. The summed E-state index contributed by atoms with van der Waals surface area (Å²) in [4.78, 5) is 3.98. The van der Waals surface area contributed by atoms with Gasteiger partial charge in [0, 0.05) is 5.38 Å². The zero-order valence-corrected chi connectivity index (χ0v) is 11.7. The van der Waals surface area contributed by atoms with Crippen molar-refractivity contribution >= 4 is 18.9 Å². The van der Waals surface area contributed by atoms with Gasteiger partial charge in [-0.3, -0.25) is 4.57 Å². The molecule has 1 aromatic heterocycles. The second-order valence-electron chi connectivity index (χ2n) is 4.01. The molecule has 4 nitrogen and oxygen atoms in total. The maximum Gasteiger partial charge on any atom is 0.337 e. The molecule has 0 fully saturated rings. The average molecular weight is 262 g/mol. The minimum atomic E-state index is -3.10. The summed E-state index contributed by atoms with van der Waals surface area (Å²) in [6.07, 6.45) is -0.0528. The lowest BCUT2D eigenvalue weighted by Crippen LogP contribution is -2.09. The largest absolute Gasteiger partial charge is 0.337 e. The van der Waals surface area contributed by atoms with E-state index in [9.17, 15) is 4.57 Å². The van der Waals surface area contributed by atoms with Crippen LogP contribution in [0.1, 0.15) is 33.4 Å². The normalized spacial score (nSPS) is 12.6. The summed E-state index contributed by atoms with van der Waals surface area (Å²) in [6.45, 7) is 7.35. The van der Waals surface area contributed by atoms with Gasteiger partial charge in [-0.1, -0.05) is 0 Å². The van der Waals surface area contributed by atoms with Crippen LogP contribution in [0, 0.1) is 5.51 Å². The van der Waals surface area contributed by atoms with Gasteiger partial charge in [-0.15, -0.1) is 11.3 Å². The van der Waals surface area contributed by atoms with E-state index in [0.717, 1.165) is 0 Å². The van der Waals surface area contributed by atoms with Gasteiger partial charge in [0.05, 0.1) is 24.1 Å². The number of hydrogen-bond donors (Lipinski definition) is 0. The van der Waals surface area contributed by atoms with E-state index in [0.29, 0.717) is 5.69 Å². The molecule has 0 bridgehead atoms. The van der Waals surface area contributed by atoms with Crippen LogP contribution in [0.15, 0.2) is 5.38 Å². The van der Waals surface area contributed by atoms with Crippen molar-refractivity contribution in [2.45, 2.75) is 46.1 Å². The van der Waals surface area contributed by atoms with E-state index in [1.807, 2.05) is 27.7 Å². The van der Waals surface area contributed by atoms with Crippen molar-refractivity contribution in [3.8, 4) is 0 Å². The second-order valence-corrected chi connectivity index (χ2v) is 6.62. The molecule has 0 aliphatic rings. The van der Waals surface area contributed by atoms with Crippen LogP contribution in [-0.2, 0) is 19.8 Å². The van der Waals surface area contributed by atoms with Crippen molar-refractivity contribution in [3.05, 3.63) is 16.6 Å². The third-order valence-corrected chi connectivity index (χ3v) is 4.32. The molecule has 0 saturated carbocycles. The molecule has 16 heavy (non-hydrogen) atoms. The minimum absolute atomic E-state index is 0.132. The summed E-state index contributed by atoms with van der Waals surface area (Å²) in [5, 5.41) is 1.81. The molecule has 1 radical (unpaired) electrons. The fourth-order valence-electron chi connectivity index (χ4n) is 1.22. The molecular weight excluding hydrogens is 245 g/mol. The highest BCUT2D eigenvalue weighted by molar-refractivity contribution is 7.53. The highest BCUT2D eigenvalue weighted by atomic mass is 32.1. The van der Waals surface area contributed by atoms with Gasteiger partial charge in [-0.2, -0.15) is 0 Å². The van der Waals surface area contributed by atoms with E-state index in [4.69, 9.17) is 9.05 Å². The quantitative estimate of drug-likeness (QED) is 0.736. The van der Waals surface area contributed by atoms with Crippen molar-refractivity contribution in [1.29, 1.82) is 0 Å². The number of hydrogen-bond acceptors (Lipinski definition) is 5. The van der Waals surface area contributed by atoms with Gasteiger partial charge in [-0.05, 0) is 27.7 Å². The Bertz CT molecular complexity index is 337.